The molecule has 1 saturated carbocycles. The molecule has 0 unspecified atom stereocenters. The Kier molecular flexibility index (Phi) is 7.15. The molecular weight excluding hydrogens is 368 g/mol. The van der Waals surface area contributed by atoms with Crippen molar-refractivity contribution in [2.45, 2.75) is 51.6 Å². The highest BCUT2D eigenvalue weighted by Crippen LogP contribution is 2.23. The van der Waals surface area contributed by atoms with Crippen LogP contribution in [0.15, 0.2) is 41.6 Å². The zero-order valence-electron chi connectivity index (χ0n) is 16.1. The fraction of sp³-hybridized carbons (Fsp3) is 0.429. The normalized spacial score (nSPS) is 19.3. The zero-order chi connectivity index (χ0) is 19.8. The monoisotopic (exact) mass is 394 g/mol. The lowest BCUT2D eigenvalue weighted by molar-refractivity contribution is 0.308. The fourth-order valence-electron chi connectivity index (χ4n) is 3.52. The first-order chi connectivity index (χ1) is 13.7. The van der Waals surface area contributed by atoms with Gasteiger partial charge >= 0.3 is 0 Å². The van der Waals surface area contributed by atoms with Gasteiger partial charge in [0.05, 0.1) is 25.2 Å². The summed E-state index contributed by atoms with van der Waals surface area (Å²) in [6.45, 7) is 2.82. The van der Waals surface area contributed by atoms with Crippen LogP contribution < -0.4 is 10.7 Å². The van der Waals surface area contributed by atoms with Crippen molar-refractivity contribution in [1.82, 2.24) is 20.5 Å². The number of thiocarbonyl (C=S) groups is 1. The third-order valence-corrected chi connectivity index (χ3v) is 5.30. The molecule has 1 aromatic heterocycles. The van der Waals surface area contributed by atoms with Crippen molar-refractivity contribution in [3.63, 3.8) is 0 Å². The number of rotatable bonds is 6. The van der Waals surface area contributed by atoms with Crippen LogP contribution in [0.5, 0.6) is 0 Å². The van der Waals surface area contributed by atoms with Crippen molar-refractivity contribution in [1.29, 1.82) is 5.26 Å². The van der Waals surface area contributed by atoms with Gasteiger partial charge in [-0.15, -0.1) is 0 Å². The van der Waals surface area contributed by atoms with Crippen LogP contribution in [-0.2, 0) is 6.54 Å². The van der Waals surface area contributed by atoms with E-state index >= 15 is 0 Å². The Bertz CT molecular complexity index is 852. The largest absolute Gasteiger partial charge is 0.358 e. The molecule has 1 heterocycles. The molecular formula is C21H26N6S. The first-order valence-corrected chi connectivity index (χ1v) is 10.2. The molecule has 7 heteroatoms. The molecule has 1 fully saturated rings. The second kappa shape index (κ2) is 10.00. The van der Waals surface area contributed by atoms with Gasteiger partial charge in [-0.25, -0.2) is 0 Å². The van der Waals surface area contributed by atoms with E-state index in [1.54, 1.807) is 10.9 Å². The van der Waals surface area contributed by atoms with E-state index in [9.17, 15) is 0 Å². The second-order valence-electron chi connectivity index (χ2n) is 7.18. The van der Waals surface area contributed by atoms with Crippen molar-refractivity contribution in [3.05, 3.63) is 42.1 Å². The molecule has 0 bridgehead atoms. The molecule has 0 aliphatic heterocycles. The smallest absolute Gasteiger partial charge is 0.187 e. The summed E-state index contributed by atoms with van der Waals surface area (Å²) >= 11 is 5.40. The van der Waals surface area contributed by atoms with Crippen LogP contribution in [0.25, 0.3) is 11.3 Å². The molecule has 146 valence electrons. The second-order valence-corrected chi connectivity index (χ2v) is 7.59. The first kappa shape index (κ1) is 20.0. The Morgan fingerprint density at radius 1 is 1.36 bits per heavy atom. The standard InChI is InChI=1S/C21H26N6S/c1-16-8-5-6-11-19(16)24-21(28)25-23-14-18-15-27(13-7-12-22)26-20(18)17-9-3-2-4-10-17/h2-4,9-10,14-16,19H,5-8,11,13H2,1H3,(H2,24,25,28)/b23-14-/t16-,19+/m0/s1. The van der Waals surface area contributed by atoms with E-state index < -0.39 is 0 Å². The molecule has 1 aliphatic rings. The van der Waals surface area contributed by atoms with Gasteiger partial charge in [0.25, 0.3) is 0 Å². The average molecular weight is 395 g/mol. The molecule has 3 rings (SSSR count). The molecule has 2 N–H and O–H groups in total. The summed E-state index contributed by atoms with van der Waals surface area (Å²) in [7, 11) is 0. The van der Waals surface area contributed by atoms with Gasteiger partial charge in [0.2, 0.25) is 0 Å². The molecule has 1 aliphatic carbocycles. The quantitative estimate of drug-likeness (QED) is 0.442. The predicted molar refractivity (Wildman–Crippen MR) is 116 cm³/mol. The summed E-state index contributed by atoms with van der Waals surface area (Å²) < 4.78 is 1.78. The van der Waals surface area contributed by atoms with Gasteiger partial charge in [0.1, 0.15) is 5.69 Å². The van der Waals surface area contributed by atoms with Crippen LogP contribution in [0.2, 0.25) is 0 Å². The van der Waals surface area contributed by atoms with Gasteiger partial charge < -0.3 is 5.32 Å². The lowest BCUT2D eigenvalue weighted by Crippen LogP contribution is -2.44. The summed E-state index contributed by atoms with van der Waals surface area (Å²) in [5, 5.41) is 21.7. The summed E-state index contributed by atoms with van der Waals surface area (Å²) in [6, 6.07) is 12.5. The fourth-order valence-corrected chi connectivity index (χ4v) is 3.73. The minimum Gasteiger partial charge on any atom is -0.358 e. The van der Waals surface area contributed by atoms with E-state index in [1.807, 2.05) is 36.5 Å². The van der Waals surface area contributed by atoms with E-state index in [0.717, 1.165) is 23.2 Å². The predicted octanol–water partition coefficient (Wildman–Crippen LogP) is 3.84. The third kappa shape index (κ3) is 5.40. The van der Waals surface area contributed by atoms with E-state index in [1.165, 1.54) is 19.3 Å². The van der Waals surface area contributed by atoms with Crippen LogP contribution in [0.3, 0.4) is 0 Å². The average Bonchev–Trinajstić information content (AvgIpc) is 3.12. The number of nitrogens with one attached hydrogen (secondary N) is 2. The van der Waals surface area contributed by atoms with E-state index in [-0.39, 0.29) is 0 Å². The molecule has 1 aromatic carbocycles. The van der Waals surface area contributed by atoms with Gasteiger partial charge in [-0.1, -0.05) is 50.1 Å². The Labute approximate surface area is 171 Å². The third-order valence-electron chi connectivity index (χ3n) is 5.09. The van der Waals surface area contributed by atoms with Gasteiger partial charge in [-0.2, -0.15) is 15.5 Å². The zero-order valence-corrected chi connectivity index (χ0v) is 17.0. The van der Waals surface area contributed by atoms with E-state index in [2.05, 4.69) is 33.9 Å². The number of nitrogens with zero attached hydrogens (tertiary/aromatic N) is 4. The van der Waals surface area contributed by atoms with Crippen LogP contribution >= 0.6 is 12.2 Å². The maximum Gasteiger partial charge on any atom is 0.187 e. The molecule has 0 spiro atoms. The summed E-state index contributed by atoms with van der Waals surface area (Å²) in [5.74, 6) is 0.625. The minimum atomic E-state index is 0.414. The van der Waals surface area contributed by atoms with Crippen molar-refractivity contribution < 1.29 is 0 Å². The summed E-state index contributed by atoms with van der Waals surface area (Å²) in [5.41, 5.74) is 5.66. The van der Waals surface area contributed by atoms with Crippen LogP contribution in [0.1, 0.15) is 44.6 Å². The summed E-state index contributed by atoms with van der Waals surface area (Å²) in [6.07, 6.45) is 8.99. The highest BCUT2D eigenvalue weighted by Gasteiger charge is 2.21. The molecule has 2 atom stereocenters. The number of hydrogen-bond acceptors (Lipinski definition) is 4. The van der Waals surface area contributed by atoms with E-state index in [0.29, 0.717) is 30.0 Å². The lowest BCUT2D eigenvalue weighted by atomic mass is 9.86. The van der Waals surface area contributed by atoms with Crippen LogP contribution in [0.4, 0.5) is 0 Å². The molecule has 28 heavy (non-hydrogen) atoms. The van der Waals surface area contributed by atoms with Crippen molar-refractivity contribution in [3.8, 4) is 17.3 Å². The maximum atomic E-state index is 8.83. The van der Waals surface area contributed by atoms with Crippen molar-refractivity contribution >= 4 is 23.5 Å². The highest BCUT2D eigenvalue weighted by molar-refractivity contribution is 7.80. The summed E-state index contributed by atoms with van der Waals surface area (Å²) in [4.78, 5) is 0. The Morgan fingerprint density at radius 2 is 2.14 bits per heavy atom. The Balaban J connectivity index is 1.67. The van der Waals surface area contributed by atoms with Crippen LogP contribution in [0, 0.1) is 17.2 Å². The SMILES string of the molecule is C[C@H]1CCCC[C@H]1NC(=S)N/N=C\c1cn(CCC#N)nc1-c1ccccc1. The molecule has 0 radical (unpaired) electrons. The molecule has 0 saturated heterocycles. The topological polar surface area (TPSA) is 78.0 Å². The first-order valence-electron chi connectivity index (χ1n) is 9.77. The lowest BCUT2D eigenvalue weighted by Gasteiger charge is -2.30. The Morgan fingerprint density at radius 3 is 2.89 bits per heavy atom. The van der Waals surface area contributed by atoms with Crippen LogP contribution in [-0.4, -0.2) is 27.1 Å². The number of aromatic nitrogens is 2. The number of hydrazone groups is 1. The molecule has 2 aromatic rings. The van der Waals surface area contributed by atoms with Gasteiger partial charge in [-0.3, -0.25) is 10.1 Å². The number of benzene rings is 1. The van der Waals surface area contributed by atoms with E-state index in [4.69, 9.17) is 17.5 Å². The minimum absolute atomic E-state index is 0.414. The van der Waals surface area contributed by atoms with Gasteiger partial charge in [0, 0.05) is 23.4 Å². The highest BCUT2D eigenvalue weighted by atomic mass is 32.1. The van der Waals surface area contributed by atoms with Crippen molar-refractivity contribution in [2.24, 2.45) is 11.0 Å². The molecule has 0 amide bonds. The number of aryl methyl sites for hydroxylation is 1. The number of hydrogen-bond donors (Lipinski definition) is 2. The molecule has 6 nitrogen and oxygen atoms in total. The maximum absolute atomic E-state index is 8.83. The van der Waals surface area contributed by atoms with Crippen molar-refractivity contribution in [2.75, 3.05) is 0 Å². The number of nitriles is 1. The Hall–Kier alpha value is -2.72. The van der Waals surface area contributed by atoms with Gasteiger partial charge in [0.15, 0.2) is 5.11 Å². The van der Waals surface area contributed by atoms with Gasteiger partial charge in [-0.05, 0) is 31.0 Å².